The Labute approximate surface area is 195 Å². The van der Waals surface area contributed by atoms with Crippen molar-refractivity contribution in [3.05, 3.63) is 63.9 Å². The highest BCUT2D eigenvalue weighted by Crippen LogP contribution is 2.34. The summed E-state index contributed by atoms with van der Waals surface area (Å²) < 4.78 is 73.5. The average Bonchev–Trinajstić information content (AvgIpc) is 3.19. The first-order valence-corrected chi connectivity index (χ1v) is 10.3. The molecule has 3 rings (SSSR count). The van der Waals surface area contributed by atoms with Crippen LogP contribution in [0, 0.1) is 11.6 Å². The smallest absolute Gasteiger partial charge is 0.425 e. The summed E-state index contributed by atoms with van der Waals surface area (Å²) in [4.78, 5) is 19.7. The molecule has 1 atom stereocenters. The number of aromatic amines is 1. The number of alkyl halides is 3. The van der Waals surface area contributed by atoms with Gasteiger partial charge in [-0.2, -0.15) is 13.2 Å². The number of benzene rings is 2. The molecule has 3 aromatic rings. The fraction of sp³-hybridized carbons (Fsp3) is 0.273. The van der Waals surface area contributed by atoms with Gasteiger partial charge in [0.1, 0.15) is 23.2 Å². The Morgan fingerprint density at radius 2 is 1.97 bits per heavy atom. The van der Waals surface area contributed by atoms with Crippen LogP contribution < -0.4 is 10.1 Å². The SMILES string of the molecule is CCc1nc(-c2cc(OC(C)C(F)(F)F)c(C(=O)Nc3c(F)cccc3Cl)cc2F)[nH]c1CO. The van der Waals surface area contributed by atoms with Gasteiger partial charge in [0.25, 0.3) is 5.91 Å². The van der Waals surface area contributed by atoms with Crippen molar-refractivity contribution in [1.29, 1.82) is 0 Å². The van der Waals surface area contributed by atoms with Gasteiger partial charge in [0, 0.05) is 0 Å². The number of carbonyl (C=O) groups is 1. The summed E-state index contributed by atoms with van der Waals surface area (Å²) in [6.07, 6.45) is -6.75. The minimum Gasteiger partial charge on any atom is -0.480 e. The van der Waals surface area contributed by atoms with Crippen molar-refractivity contribution < 1.29 is 36.6 Å². The number of hydrogen-bond acceptors (Lipinski definition) is 4. The van der Waals surface area contributed by atoms with Gasteiger partial charge in [0.15, 0.2) is 6.10 Å². The lowest BCUT2D eigenvalue weighted by molar-refractivity contribution is -0.189. The van der Waals surface area contributed by atoms with Crippen molar-refractivity contribution in [2.75, 3.05) is 5.32 Å². The number of halogens is 6. The number of ether oxygens (including phenoxy) is 1. The molecule has 0 aliphatic rings. The second-order valence-corrected chi connectivity index (χ2v) is 7.61. The van der Waals surface area contributed by atoms with Gasteiger partial charge < -0.3 is 20.1 Å². The molecule has 1 unspecified atom stereocenters. The maximum Gasteiger partial charge on any atom is 0.425 e. The second-order valence-electron chi connectivity index (χ2n) is 7.20. The van der Waals surface area contributed by atoms with Gasteiger partial charge in [0.2, 0.25) is 0 Å². The number of aromatic nitrogens is 2. The number of carbonyl (C=O) groups excluding carboxylic acids is 1. The number of anilines is 1. The van der Waals surface area contributed by atoms with Crippen LogP contribution in [0.3, 0.4) is 0 Å². The number of aryl methyl sites for hydroxylation is 1. The van der Waals surface area contributed by atoms with E-state index < -0.39 is 53.4 Å². The fourth-order valence-corrected chi connectivity index (χ4v) is 3.27. The molecule has 0 bridgehead atoms. The van der Waals surface area contributed by atoms with Crippen LogP contribution >= 0.6 is 11.6 Å². The second kappa shape index (κ2) is 9.98. The van der Waals surface area contributed by atoms with E-state index in [2.05, 4.69) is 15.3 Å². The summed E-state index contributed by atoms with van der Waals surface area (Å²) in [6, 6.07) is 5.12. The van der Waals surface area contributed by atoms with E-state index in [0.29, 0.717) is 30.8 Å². The first kappa shape index (κ1) is 25.4. The van der Waals surface area contributed by atoms with Crippen molar-refractivity contribution in [2.45, 2.75) is 39.2 Å². The molecular weight excluding hydrogens is 485 g/mol. The molecule has 34 heavy (non-hydrogen) atoms. The number of rotatable bonds is 7. The Morgan fingerprint density at radius 3 is 2.53 bits per heavy atom. The normalized spacial score (nSPS) is 12.5. The maximum atomic E-state index is 15.0. The molecule has 1 amide bonds. The summed E-state index contributed by atoms with van der Waals surface area (Å²) in [5, 5.41) is 11.4. The molecular formula is C22H19ClF5N3O3. The number of hydrogen-bond donors (Lipinski definition) is 3. The van der Waals surface area contributed by atoms with Gasteiger partial charge in [-0.15, -0.1) is 0 Å². The third-order valence-corrected chi connectivity index (χ3v) is 5.21. The Bertz CT molecular complexity index is 1170. The van der Waals surface area contributed by atoms with E-state index in [1.54, 1.807) is 6.92 Å². The Balaban J connectivity index is 2.10. The molecule has 2 aromatic carbocycles. The number of aliphatic hydroxyl groups is 1. The van der Waals surface area contributed by atoms with Gasteiger partial charge in [-0.05, 0) is 37.6 Å². The summed E-state index contributed by atoms with van der Waals surface area (Å²) >= 11 is 5.88. The highest BCUT2D eigenvalue weighted by Gasteiger charge is 2.39. The lowest BCUT2D eigenvalue weighted by Gasteiger charge is -2.20. The standard InChI is InChI=1S/C22H19ClF5N3O3/c1-3-16-17(9-32)30-20(29-16)11-8-18(34-10(2)22(26,27)28)12(7-15(11)25)21(33)31-19-13(23)5-4-6-14(19)24/h4-8,10,32H,3,9H2,1-2H3,(H,29,30)(H,31,33). The van der Waals surface area contributed by atoms with Crippen molar-refractivity contribution in [3.8, 4) is 17.1 Å². The zero-order valence-electron chi connectivity index (χ0n) is 17.9. The van der Waals surface area contributed by atoms with E-state index in [9.17, 15) is 27.5 Å². The van der Waals surface area contributed by atoms with Crippen molar-refractivity contribution in [1.82, 2.24) is 9.97 Å². The first-order valence-electron chi connectivity index (χ1n) is 9.97. The highest BCUT2D eigenvalue weighted by molar-refractivity contribution is 6.34. The molecule has 0 fully saturated rings. The van der Waals surface area contributed by atoms with E-state index in [1.807, 2.05) is 0 Å². The van der Waals surface area contributed by atoms with Crippen LogP contribution in [0.1, 0.15) is 35.6 Å². The molecule has 0 radical (unpaired) electrons. The van der Waals surface area contributed by atoms with Crippen molar-refractivity contribution in [2.24, 2.45) is 0 Å². The van der Waals surface area contributed by atoms with Crippen molar-refractivity contribution in [3.63, 3.8) is 0 Å². The Hall–Kier alpha value is -3.18. The van der Waals surface area contributed by atoms with E-state index >= 15 is 4.39 Å². The molecule has 3 N–H and O–H groups in total. The van der Waals surface area contributed by atoms with Crippen LogP contribution in [-0.2, 0) is 13.0 Å². The number of amides is 1. The minimum atomic E-state index is -4.79. The van der Waals surface area contributed by atoms with Crippen LogP contribution in [0.4, 0.5) is 27.6 Å². The number of imidazole rings is 1. The molecule has 182 valence electrons. The summed E-state index contributed by atoms with van der Waals surface area (Å²) in [5.41, 5.74) is -0.613. The monoisotopic (exact) mass is 503 g/mol. The van der Waals surface area contributed by atoms with E-state index in [-0.39, 0.29) is 16.4 Å². The van der Waals surface area contributed by atoms with E-state index in [4.69, 9.17) is 16.3 Å². The fourth-order valence-electron chi connectivity index (χ4n) is 3.06. The first-order chi connectivity index (χ1) is 16.0. The largest absolute Gasteiger partial charge is 0.480 e. The minimum absolute atomic E-state index is 0.0768. The Kier molecular flexibility index (Phi) is 7.47. The van der Waals surface area contributed by atoms with Crippen LogP contribution in [-0.4, -0.2) is 33.3 Å². The van der Waals surface area contributed by atoms with Gasteiger partial charge >= 0.3 is 6.18 Å². The van der Waals surface area contributed by atoms with Crippen LogP contribution in [0.5, 0.6) is 5.75 Å². The number of para-hydroxylation sites is 1. The summed E-state index contributed by atoms with van der Waals surface area (Å²) in [7, 11) is 0. The van der Waals surface area contributed by atoms with E-state index in [0.717, 1.165) is 12.1 Å². The zero-order chi connectivity index (χ0) is 25.2. The summed E-state index contributed by atoms with van der Waals surface area (Å²) in [5.74, 6) is -3.76. The average molecular weight is 504 g/mol. The zero-order valence-corrected chi connectivity index (χ0v) is 18.6. The topological polar surface area (TPSA) is 87.2 Å². The van der Waals surface area contributed by atoms with Crippen LogP contribution in [0.25, 0.3) is 11.4 Å². The third kappa shape index (κ3) is 5.31. The van der Waals surface area contributed by atoms with Gasteiger partial charge in [-0.25, -0.2) is 13.8 Å². The molecule has 0 saturated carbocycles. The third-order valence-electron chi connectivity index (χ3n) is 4.89. The number of aliphatic hydroxyl groups excluding tert-OH is 1. The molecule has 0 spiro atoms. The molecule has 0 aliphatic heterocycles. The van der Waals surface area contributed by atoms with Crippen LogP contribution in [0.2, 0.25) is 5.02 Å². The molecule has 1 aromatic heterocycles. The predicted octanol–water partition coefficient (Wildman–Crippen LogP) is 5.64. The predicted molar refractivity (Wildman–Crippen MR) is 115 cm³/mol. The molecule has 0 aliphatic carbocycles. The molecule has 0 saturated heterocycles. The maximum absolute atomic E-state index is 15.0. The van der Waals surface area contributed by atoms with Crippen LogP contribution in [0.15, 0.2) is 30.3 Å². The van der Waals surface area contributed by atoms with E-state index in [1.165, 1.54) is 12.1 Å². The van der Waals surface area contributed by atoms with Gasteiger partial charge in [0.05, 0.1) is 39.8 Å². The molecule has 12 heteroatoms. The van der Waals surface area contributed by atoms with Crippen molar-refractivity contribution >= 4 is 23.2 Å². The van der Waals surface area contributed by atoms with Gasteiger partial charge in [-0.3, -0.25) is 4.79 Å². The molecule has 1 heterocycles. The summed E-state index contributed by atoms with van der Waals surface area (Å²) in [6.45, 7) is 2.04. The molecule has 6 nitrogen and oxygen atoms in total. The highest BCUT2D eigenvalue weighted by atomic mass is 35.5. The number of nitrogens with zero attached hydrogens (tertiary/aromatic N) is 1. The Morgan fingerprint density at radius 1 is 1.26 bits per heavy atom. The lowest BCUT2D eigenvalue weighted by atomic mass is 10.1. The number of nitrogens with one attached hydrogen (secondary N) is 2. The quantitative estimate of drug-likeness (QED) is 0.364. The van der Waals surface area contributed by atoms with Gasteiger partial charge in [-0.1, -0.05) is 24.6 Å². The number of H-pyrrole nitrogens is 1. The lowest BCUT2D eigenvalue weighted by Crippen LogP contribution is -2.32.